The molecule has 0 amide bonds. The van der Waals surface area contributed by atoms with E-state index in [1.54, 1.807) is 18.3 Å². The van der Waals surface area contributed by atoms with Crippen molar-refractivity contribution in [1.82, 2.24) is 0 Å². The minimum absolute atomic E-state index is 0.0154. The number of nitrogens with zero attached hydrogens (tertiary/aromatic N) is 1. The monoisotopic (exact) mass is 397 g/mol. The Morgan fingerprint density at radius 1 is 1.00 bits per heavy atom. The minimum Gasteiger partial charge on any atom is -0.426 e. The van der Waals surface area contributed by atoms with Gasteiger partial charge in [0.2, 0.25) is 0 Å². The van der Waals surface area contributed by atoms with Gasteiger partial charge in [-0.1, -0.05) is 44.2 Å². The number of hydrogen-bond acceptors (Lipinski definition) is 4. The van der Waals surface area contributed by atoms with Gasteiger partial charge < -0.3 is 13.6 Å². The van der Waals surface area contributed by atoms with E-state index in [0.29, 0.717) is 24.7 Å². The summed E-state index contributed by atoms with van der Waals surface area (Å²) in [7, 11) is -1.46. The fourth-order valence-corrected chi connectivity index (χ4v) is 4.23. The highest BCUT2D eigenvalue weighted by Crippen LogP contribution is 2.48. The highest BCUT2D eigenvalue weighted by molar-refractivity contribution is 7.42. The van der Waals surface area contributed by atoms with Gasteiger partial charge in [-0.3, -0.25) is 4.99 Å². The van der Waals surface area contributed by atoms with Crippen molar-refractivity contribution in [2.75, 3.05) is 13.2 Å². The van der Waals surface area contributed by atoms with Crippen LogP contribution in [0.1, 0.15) is 19.4 Å². The summed E-state index contributed by atoms with van der Waals surface area (Å²) < 4.78 is 30.8. The maximum Gasteiger partial charge on any atom is 0.397 e. The van der Waals surface area contributed by atoms with Crippen LogP contribution in [0, 0.1) is 11.2 Å². The number of fused-ring (bicyclic) bond motifs is 1. The summed E-state index contributed by atoms with van der Waals surface area (Å²) in [5.41, 5.74) is 1.48. The molecule has 0 radical (unpaired) electrons. The first-order valence-corrected chi connectivity index (χ1v) is 10.2. The highest BCUT2D eigenvalue weighted by atomic mass is 31.2. The molecule has 0 bridgehead atoms. The lowest BCUT2D eigenvalue weighted by molar-refractivity contribution is 0.0426. The second-order valence-corrected chi connectivity index (χ2v) is 8.61. The molecule has 3 aromatic rings. The predicted molar refractivity (Wildman–Crippen MR) is 111 cm³/mol. The number of halogens is 1. The Morgan fingerprint density at radius 3 is 2.46 bits per heavy atom. The van der Waals surface area contributed by atoms with Crippen LogP contribution in [0.2, 0.25) is 0 Å². The Balaban J connectivity index is 1.66. The first-order valence-electron chi connectivity index (χ1n) is 9.06. The molecule has 0 unspecified atom stereocenters. The smallest absolute Gasteiger partial charge is 0.397 e. The number of hydrogen-bond donors (Lipinski definition) is 0. The molecule has 0 aliphatic carbocycles. The number of aliphatic imine (C=N–C) groups is 1. The van der Waals surface area contributed by atoms with Crippen LogP contribution in [0.4, 0.5) is 10.1 Å². The zero-order valence-corrected chi connectivity index (χ0v) is 16.7. The maximum absolute atomic E-state index is 13.1. The highest BCUT2D eigenvalue weighted by Gasteiger charge is 2.31. The molecule has 3 aromatic carbocycles. The summed E-state index contributed by atoms with van der Waals surface area (Å²) in [5, 5.41) is 2.09. The second-order valence-electron chi connectivity index (χ2n) is 7.46. The van der Waals surface area contributed by atoms with Crippen LogP contribution in [-0.4, -0.2) is 19.4 Å². The van der Waals surface area contributed by atoms with Gasteiger partial charge >= 0.3 is 8.60 Å². The Labute approximate surface area is 165 Å². The summed E-state index contributed by atoms with van der Waals surface area (Å²) in [5.74, 6) is 0.362. The third-order valence-electron chi connectivity index (χ3n) is 4.39. The van der Waals surface area contributed by atoms with Crippen LogP contribution in [0.5, 0.6) is 5.75 Å². The van der Waals surface area contributed by atoms with E-state index in [2.05, 4.69) is 18.8 Å². The van der Waals surface area contributed by atoms with Crippen molar-refractivity contribution in [2.24, 2.45) is 10.4 Å². The first kappa shape index (κ1) is 19.0. The van der Waals surface area contributed by atoms with Crippen LogP contribution in [0.25, 0.3) is 10.8 Å². The van der Waals surface area contributed by atoms with Crippen molar-refractivity contribution in [3.05, 3.63) is 72.0 Å². The lowest BCUT2D eigenvalue weighted by Gasteiger charge is -2.32. The number of benzene rings is 3. The normalized spacial score (nSPS) is 17.2. The third kappa shape index (κ3) is 4.39. The number of rotatable bonds is 4. The van der Waals surface area contributed by atoms with E-state index in [1.165, 1.54) is 12.1 Å². The summed E-state index contributed by atoms with van der Waals surface area (Å²) in [6, 6.07) is 18.0. The van der Waals surface area contributed by atoms with E-state index in [-0.39, 0.29) is 11.2 Å². The molecule has 1 aliphatic heterocycles. The summed E-state index contributed by atoms with van der Waals surface area (Å²) >= 11 is 0. The second kappa shape index (κ2) is 7.96. The van der Waals surface area contributed by atoms with Crippen LogP contribution in [-0.2, 0) is 9.05 Å². The molecule has 1 fully saturated rings. The molecular formula is C22H21FNO3P. The first-order chi connectivity index (χ1) is 13.5. The van der Waals surface area contributed by atoms with E-state index < -0.39 is 8.60 Å². The van der Waals surface area contributed by atoms with E-state index in [1.807, 2.05) is 36.4 Å². The van der Waals surface area contributed by atoms with Crippen molar-refractivity contribution >= 4 is 31.3 Å². The molecule has 144 valence electrons. The SMILES string of the molecule is CC1(C)COP(Oc2ccc3ccccc3c2C=Nc2ccc(F)cc2)OC1. The Bertz CT molecular complexity index is 994. The molecular weight excluding hydrogens is 376 g/mol. The zero-order valence-electron chi connectivity index (χ0n) is 15.8. The Hall–Kier alpha value is -2.33. The van der Waals surface area contributed by atoms with Gasteiger partial charge in [-0.2, -0.15) is 0 Å². The molecule has 0 saturated carbocycles. The van der Waals surface area contributed by atoms with Gasteiger partial charge in [-0.05, 0) is 41.1 Å². The molecule has 1 saturated heterocycles. The molecule has 0 N–H and O–H groups in total. The van der Waals surface area contributed by atoms with Gasteiger partial charge in [0, 0.05) is 17.2 Å². The molecule has 0 atom stereocenters. The summed E-state index contributed by atoms with van der Waals surface area (Å²) in [6.45, 7) is 5.36. The van der Waals surface area contributed by atoms with E-state index in [4.69, 9.17) is 13.6 Å². The molecule has 1 heterocycles. The van der Waals surface area contributed by atoms with Crippen molar-refractivity contribution in [3.8, 4) is 5.75 Å². The Kier molecular flexibility index (Phi) is 5.40. The maximum atomic E-state index is 13.1. The molecule has 4 nitrogen and oxygen atoms in total. The summed E-state index contributed by atoms with van der Waals surface area (Å²) in [6.07, 6.45) is 1.74. The van der Waals surface area contributed by atoms with Crippen molar-refractivity contribution in [2.45, 2.75) is 13.8 Å². The topological polar surface area (TPSA) is 40.0 Å². The summed E-state index contributed by atoms with van der Waals surface area (Å²) in [4.78, 5) is 4.50. The fraction of sp³-hybridized carbons (Fsp3) is 0.227. The molecule has 0 spiro atoms. The molecule has 6 heteroatoms. The lowest BCUT2D eigenvalue weighted by Crippen LogP contribution is -2.29. The largest absolute Gasteiger partial charge is 0.426 e. The van der Waals surface area contributed by atoms with Crippen LogP contribution >= 0.6 is 8.60 Å². The average molecular weight is 397 g/mol. The molecule has 1 aliphatic rings. The standard InChI is InChI=1S/C22H21FNO3P/c1-22(2)14-25-28(26-15-22)27-21-12-7-16-5-3-4-6-19(16)20(21)13-24-18-10-8-17(23)9-11-18/h3-13H,14-15H2,1-2H3. The van der Waals surface area contributed by atoms with E-state index in [0.717, 1.165) is 16.3 Å². The van der Waals surface area contributed by atoms with E-state index >= 15 is 0 Å². The van der Waals surface area contributed by atoms with E-state index in [9.17, 15) is 4.39 Å². The van der Waals surface area contributed by atoms with Gasteiger partial charge in [-0.25, -0.2) is 4.39 Å². The zero-order chi connectivity index (χ0) is 19.6. The van der Waals surface area contributed by atoms with Gasteiger partial charge in [0.15, 0.2) is 0 Å². The molecule has 28 heavy (non-hydrogen) atoms. The fourth-order valence-electron chi connectivity index (χ4n) is 2.82. The van der Waals surface area contributed by atoms with Gasteiger partial charge in [0.05, 0.1) is 18.9 Å². The van der Waals surface area contributed by atoms with Gasteiger partial charge in [0.25, 0.3) is 0 Å². The lowest BCUT2D eigenvalue weighted by atomic mass is 9.97. The quantitative estimate of drug-likeness (QED) is 0.377. The van der Waals surface area contributed by atoms with Crippen LogP contribution in [0.3, 0.4) is 0 Å². The van der Waals surface area contributed by atoms with Crippen molar-refractivity contribution in [3.63, 3.8) is 0 Å². The minimum atomic E-state index is -1.46. The van der Waals surface area contributed by atoms with Gasteiger partial charge in [0.1, 0.15) is 11.6 Å². The predicted octanol–water partition coefficient (Wildman–Crippen LogP) is 6.41. The van der Waals surface area contributed by atoms with Gasteiger partial charge in [-0.15, -0.1) is 0 Å². The molecule has 0 aromatic heterocycles. The van der Waals surface area contributed by atoms with Crippen LogP contribution < -0.4 is 4.52 Å². The van der Waals surface area contributed by atoms with Crippen molar-refractivity contribution in [1.29, 1.82) is 0 Å². The van der Waals surface area contributed by atoms with Crippen molar-refractivity contribution < 1.29 is 18.0 Å². The third-order valence-corrected chi connectivity index (χ3v) is 5.42. The Morgan fingerprint density at radius 2 is 1.71 bits per heavy atom. The average Bonchev–Trinajstić information content (AvgIpc) is 2.70. The van der Waals surface area contributed by atoms with Crippen LogP contribution in [0.15, 0.2) is 65.7 Å². The molecule has 4 rings (SSSR count).